The molecular formula is C29H29Cl2N7O4. The van der Waals surface area contributed by atoms with E-state index in [0.29, 0.717) is 34.1 Å². The van der Waals surface area contributed by atoms with Crippen molar-refractivity contribution in [2.75, 3.05) is 26.3 Å². The maximum Gasteiger partial charge on any atom is 0.438 e. The van der Waals surface area contributed by atoms with Crippen molar-refractivity contribution < 1.29 is 19.1 Å². The van der Waals surface area contributed by atoms with Gasteiger partial charge in [-0.15, -0.1) is 5.10 Å². The summed E-state index contributed by atoms with van der Waals surface area (Å²) in [7, 11) is 4.55. The van der Waals surface area contributed by atoms with Gasteiger partial charge in [-0.25, -0.2) is 14.5 Å². The van der Waals surface area contributed by atoms with Gasteiger partial charge in [-0.2, -0.15) is 15.3 Å². The Bertz CT molecular complexity index is 1520. The molecule has 0 saturated heterocycles. The lowest BCUT2D eigenvalue weighted by Gasteiger charge is -2.20. The van der Waals surface area contributed by atoms with E-state index in [1.807, 2.05) is 42.3 Å². The number of carbonyl (C=O) groups excluding carboxylic acids is 1. The highest BCUT2D eigenvalue weighted by Crippen LogP contribution is 2.23. The Balaban J connectivity index is 0.000000274. The highest BCUT2D eigenvalue weighted by molar-refractivity contribution is 6.30. The van der Waals surface area contributed by atoms with E-state index in [2.05, 4.69) is 15.1 Å². The van der Waals surface area contributed by atoms with Gasteiger partial charge in [0, 0.05) is 42.6 Å². The van der Waals surface area contributed by atoms with E-state index in [9.17, 15) is 4.79 Å². The zero-order chi connectivity index (χ0) is 30.5. The second-order valence-electron chi connectivity index (χ2n) is 8.54. The molecule has 4 aromatic rings. The van der Waals surface area contributed by atoms with Gasteiger partial charge in [0.25, 0.3) is 0 Å². The normalized spacial score (nSPS) is 10.6. The summed E-state index contributed by atoms with van der Waals surface area (Å²) in [5.41, 5.74) is 3.16. The number of methoxy groups -OCH3 is 1. The zero-order valence-electron chi connectivity index (χ0n) is 23.4. The van der Waals surface area contributed by atoms with E-state index in [1.54, 1.807) is 66.6 Å². The number of ether oxygens (including phenoxy) is 2. The van der Waals surface area contributed by atoms with Crippen LogP contribution in [0.15, 0.2) is 84.1 Å². The molecule has 0 N–H and O–H groups in total. The minimum Gasteiger partial charge on any atom is -0.472 e. The van der Waals surface area contributed by atoms with Crippen molar-refractivity contribution in [2.24, 2.45) is 4.99 Å². The number of amides is 1. The molecule has 2 aromatic heterocycles. The lowest BCUT2D eigenvalue weighted by molar-refractivity contribution is 0.115. The molecule has 218 valence electrons. The van der Waals surface area contributed by atoms with E-state index < -0.39 is 6.09 Å². The van der Waals surface area contributed by atoms with Crippen LogP contribution in [0.2, 0.25) is 10.2 Å². The standard InChI is InChI=1S/C19H18ClN3O4.C10H11ClN4/c1-25-19(24)23(26-2)17-6-4-3-5-14(17)13-27-18-11-12-22(21-18)16-9-7-15(20)8-10-16;1-8(14-7-12)15(2)6-9-3-4-10(11)13-5-9/h3-12H,13H2,1-2H3;3-5H,6H2,1-2H3/b;14-8+. The Morgan fingerprint density at radius 3 is 2.45 bits per heavy atom. The summed E-state index contributed by atoms with van der Waals surface area (Å²) in [5, 5.41) is 15.0. The van der Waals surface area contributed by atoms with Gasteiger partial charge in [0.1, 0.15) is 17.6 Å². The van der Waals surface area contributed by atoms with E-state index in [1.165, 1.54) is 14.2 Å². The van der Waals surface area contributed by atoms with Crippen molar-refractivity contribution in [1.82, 2.24) is 19.7 Å². The molecule has 0 unspecified atom stereocenters. The molecule has 0 aliphatic rings. The van der Waals surface area contributed by atoms with Gasteiger partial charge in [0.15, 0.2) is 0 Å². The SMILES string of the molecule is C/C(=N\C#N)N(C)Cc1ccc(Cl)nc1.COC(=O)N(OC)c1ccccc1COc1ccn(-c2ccc(Cl)cc2)n1. The first-order valence-corrected chi connectivity index (χ1v) is 13.2. The number of carbonyl (C=O) groups is 1. The van der Waals surface area contributed by atoms with Crippen LogP contribution in [-0.2, 0) is 22.7 Å². The molecule has 0 aliphatic heterocycles. The van der Waals surface area contributed by atoms with Gasteiger partial charge < -0.3 is 14.4 Å². The summed E-state index contributed by atoms with van der Waals surface area (Å²) < 4.78 is 12.2. The van der Waals surface area contributed by atoms with E-state index >= 15 is 0 Å². The van der Waals surface area contributed by atoms with Crippen LogP contribution in [0, 0.1) is 11.5 Å². The third-order valence-electron chi connectivity index (χ3n) is 5.74. The number of nitrogens with zero attached hydrogens (tertiary/aromatic N) is 7. The highest BCUT2D eigenvalue weighted by atomic mass is 35.5. The average Bonchev–Trinajstić information content (AvgIpc) is 3.48. The quantitative estimate of drug-likeness (QED) is 0.0750. The number of aliphatic imine (C=N–C) groups is 1. The molecule has 0 spiro atoms. The molecule has 2 aromatic carbocycles. The van der Waals surface area contributed by atoms with Crippen LogP contribution in [0.25, 0.3) is 5.69 Å². The number of benzene rings is 2. The van der Waals surface area contributed by atoms with Crippen molar-refractivity contribution >= 4 is 40.8 Å². The largest absolute Gasteiger partial charge is 0.472 e. The molecule has 13 heteroatoms. The fraction of sp³-hybridized carbons (Fsp3) is 0.207. The summed E-state index contributed by atoms with van der Waals surface area (Å²) in [4.78, 5) is 26.5. The second-order valence-corrected chi connectivity index (χ2v) is 9.37. The Kier molecular flexibility index (Phi) is 12.1. The Morgan fingerprint density at radius 2 is 1.81 bits per heavy atom. The number of hydroxylamine groups is 1. The minimum atomic E-state index is -0.628. The van der Waals surface area contributed by atoms with Crippen LogP contribution in [-0.4, -0.2) is 52.9 Å². The van der Waals surface area contributed by atoms with Gasteiger partial charge in [-0.1, -0.05) is 47.5 Å². The molecule has 0 atom stereocenters. The molecule has 0 fully saturated rings. The predicted octanol–water partition coefficient (Wildman–Crippen LogP) is 6.31. The minimum absolute atomic E-state index is 0.199. The topological polar surface area (TPSA) is 118 Å². The average molecular weight is 611 g/mol. The van der Waals surface area contributed by atoms with Crippen LogP contribution in [0.3, 0.4) is 0 Å². The van der Waals surface area contributed by atoms with Crippen molar-refractivity contribution in [3.63, 3.8) is 0 Å². The van der Waals surface area contributed by atoms with Crippen LogP contribution in [0.4, 0.5) is 10.5 Å². The summed E-state index contributed by atoms with van der Waals surface area (Å²) in [6.07, 6.45) is 4.62. The molecule has 2 heterocycles. The van der Waals surface area contributed by atoms with Crippen molar-refractivity contribution in [1.29, 1.82) is 5.26 Å². The van der Waals surface area contributed by atoms with Crippen LogP contribution >= 0.6 is 23.2 Å². The maximum atomic E-state index is 11.9. The number of rotatable bonds is 8. The Hall–Kier alpha value is -4.63. The van der Waals surface area contributed by atoms with Gasteiger partial charge >= 0.3 is 6.09 Å². The lowest BCUT2D eigenvalue weighted by atomic mass is 10.2. The summed E-state index contributed by atoms with van der Waals surface area (Å²) in [5.74, 6) is 1.12. The van der Waals surface area contributed by atoms with E-state index in [-0.39, 0.29) is 6.61 Å². The van der Waals surface area contributed by atoms with Gasteiger partial charge in [-0.3, -0.25) is 4.84 Å². The molecule has 42 heavy (non-hydrogen) atoms. The zero-order valence-corrected chi connectivity index (χ0v) is 25.0. The first-order chi connectivity index (χ1) is 20.2. The van der Waals surface area contributed by atoms with Crippen molar-refractivity contribution in [3.8, 4) is 17.8 Å². The monoisotopic (exact) mass is 609 g/mol. The second kappa shape index (κ2) is 16.0. The Labute approximate surface area is 254 Å². The van der Waals surface area contributed by atoms with Gasteiger partial charge in [-0.05, 0) is 48.9 Å². The Morgan fingerprint density at radius 1 is 1.07 bits per heavy atom. The molecule has 0 saturated carbocycles. The van der Waals surface area contributed by atoms with E-state index in [4.69, 9.17) is 42.8 Å². The number of hydrogen-bond acceptors (Lipinski definition) is 8. The van der Waals surface area contributed by atoms with Crippen LogP contribution in [0.5, 0.6) is 5.88 Å². The first kappa shape index (κ1) is 31.9. The molecule has 0 aliphatic carbocycles. The third-order valence-corrected chi connectivity index (χ3v) is 6.21. The molecule has 0 radical (unpaired) electrons. The molecular weight excluding hydrogens is 581 g/mol. The fourth-order valence-corrected chi connectivity index (χ4v) is 3.74. The predicted molar refractivity (Wildman–Crippen MR) is 161 cm³/mol. The number of amidine groups is 1. The highest BCUT2D eigenvalue weighted by Gasteiger charge is 2.19. The first-order valence-electron chi connectivity index (χ1n) is 12.4. The maximum absolute atomic E-state index is 11.9. The summed E-state index contributed by atoms with van der Waals surface area (Å²) in [6, 6.07) is 19.9. The molecule has 4 rings (SSSR count). The van der Waals surface area contributed by atoms with Gasteiger partial charge in [0.05, 0.1) is 25.6 Å². The molecule has 11 nitrogen and oxygen atoms in total. The number of nitriles is 1. The number of hydrogen-bond donors (Lipinski definition) is 0. The number of anilines is 1. The lowest BCUT2D eigenvalue weighted by Crippen LogP contribution is -2.30. The number of para-hydroxylation sites is 1. The number of pyridine rings is 1. The number of halogens is 2. The molecule has 0 bridgehead atoms. The van der Waals surface area contributed by atoms with Crippen LogP contribution in [0.1, 0.15) is 18.1 Å². The third kappa shape index (κ3) is 9.21. The van der Waals surface area contributed by atoms with E-state index in [0.717, 1.165) is 21.9 Å². The smallest absolute Gasteiger partial charge is 0.438 e. The summed E-state index contributed by atoms with van der Waals surface area (Å²) >= 11 is 11.6. The van der Waals surface area contributed by atoms with Crippen molar-refractivity contribution in [2.45, 2.75) is 20.1 Å². The van der Waals surface area contributed by atoms with Crippen molar-refractivity contribution in [3.05, 3.63) is 100 Å². The number of aromatic nitrogens is 3. The fourth-order valence-electron chi connectivity index (χ4n) is 3.50. The van der Waals surface area contributed by atoms with Gasteiger partial charge in [0.2, 0.25) is 12.1 Å². The summed E-state index contributed by atoms with van der Waals surface area (Å²) in [6.45, 7) is 2.64. The molecule has 1 amide bonds. The van der Waals surface area contributed by atoms with Crippen LogP contribution < -0.4 is 9.80 Å².